The summed E-state index contributed by atoms with van der Waals surface area (Å²) in [4.78, 5) is 9.32. The van der Waals surface area contributed by atoms with E-state index in [1.165, 1.54) is 6.42 Å². The summed E-state index contributed by atoms with van der Waals surface area (Å²) >= 11 is 0. The second kappa shape index (κ2) is 5.65. The number of aryl methyl sites for hydroxylation is 1. The number of hydrogen-bond acceptors (Lipinski definition) is 4. The zero-order chi connectivity index (χ0) is 13.0. The average molecular weight is 249 g/mol. The van der Waals surface area contributed by atoms with Gasteiger partial charge in [0.1, 0.15) is 11.4 Å². The molecule has 0 atom stereocenters. The van der Waals surface area contributed by atoms with Gasteiger partial charge in [0, 0.05) is 25.4 Å². The highest BCUT2D eigenvalue weighted by atomic mass is 16.5. The Labute approximate surface area is 109 Å². The van der Waals surface area contributed by atoms with Crippen LogP contribution in [0.25, 0.3) is 0 Å². The maximum Gasteiger partial charge on any atom is 0.162 e. The lowest BCUT2D eigenvalue weighted by Crippen LogP contribution is -2.38. The van der Waals surface area contributed by atoms with Crippen molar-refractivity contribution in [1.29, 1.82) is 0 Å². The summed E-state index contributed by atoms with van der Waals surface area (Å²) in [6, 6.07) is 2.05. The SMILES string of the molecule is CCCc1cc(NCC)nc(C2(OC)CCC2)n1. The molecular formula is C14H23N3O. The summed E-state index contributed by atoms with van der Waals surface area (Å²) in [5.41, 5.74) is 0.885. The summed E-state index contributed by atoms with van der Waals surface area (Å²) in [5, 5.41) is 3.28. The number of methoxy groups -OCH3 is 1. The van der Waals surface area contributed by atoms with Crippen molar-refractivity contribution in [2.75, 3.05) is 19.0 Å². The van der Waals surface area contributed by atoms with Crippen LogP contribution in [-0.2, 0) is 16.8 Å². The first-order valence-electron chi connectivity index (χ1n) is 6.91. The molecule has 0 saturated heterocycles. The molecule has 100 valence electrons. The molecule has 18 heavy (non-hydrogen) atoms. The van der Waals surface area contributed by atoms with Gasteiger partial charge in [-0.25, -0.2) is 9.97 Å². The Balaban J connectivity index is 2.33. The van der Waals surface area contributed by atoms with Crippen molar-refractivity contribution in [2.45, 2.75) is 51.6 Å². The molecule has 0 amide bonds. The lowest BCUT2D eigenvalue weighted by molar-refractivity contribution is -0.0846. The van der Waals surface area contributed by atoms with Crippen LogP contribution in [0.4, 0.5) is 5.82 Å². The maximum atomic E-state index is 5.67. The monoisotopic (exact) mass is 249 g/mol. The van der Waals surface area contributed by atoms with Crippen LogP contribution in [0.5, 0.6) is 0 Å². The van der Waals surface area contributed by atoms with E-state index in [0.717, 1.165) is 49.6 Å². The van der Waals surface area contributed by atoms with Crippen LogP contribution in [-0.4, -0.2) is 23.6 Å². The van der Waals surface area contributed by atoms with Gasteiger partial charge in [-0.1, -0.05) is 13.3 Å². The van der Waals surface area contributed by atoms with Gasteiger partial charge < -0.3 is 10.1 Å². The van der Waals surface area contributed by atoms with Gasteiger partial charge in [0.15, 0.2) is 5.82 Å². The summed E-state index contributed by atoms with van der Waals surface area (Å²) in [5.74, 6) is 1.78. The normalized spacial score (nSPS) is 17.3. The Bertz CT molecular complexity index is 372. The van der Waals surface area contributed by atoms with Gasteiger partial charge in [0.05, 0.1) is 0 Å². The average Bonchev–Trinajstić information content (AvgIpc) is 2.29. The van der Waals surface area contributed by atoms with Crippen LogP contribution in [0, 0.1) is 0 Å². The molecule has 4 heteroatoms. The van der Waals surface area contributed by atoms with Gasteiger partial charge in [-0.2, -0.15) is 0 Å². The fraction of sp³-hybridized carbons (Fsp3) is 0.714. The molecule has 1 aromatic rings. The van der Waals surface area contributed by atoms with Crippen molar-refractivity contribution in [3.8, 4) is 0 Å². The summed E-state index contributed by atoms with van der Waals surface area (Å²) < 4.78 is 5.67. The highest BCUT2D eigenvalue weighted by molar-refractivity contribution is 5.37. The third-order valence-corrected chi connectivity index (χ3v) is 3.60. The molecule has 0 spiro atoms. The van der Waals surface area contributed by atoms with E-state index >= 15 is 0 Å². The third-order valence-electron chi connectivity index (χ3n) is 3.60. The minimum atomic E-state index is -0.228. The van der Waals surface area contributed by atoms with E-state index in [9.17, 15) is 0 Å². The van der Waals surface area contributed by atoms with Crippen molar-refractivity contribution in [3.05, 3.63) is 17.6 Å². The minimum absolute atomic E-state index is 0.228. The van der Waals surface area contributed by atoms with Crippen LogP contribution < -0.4 is 5.32 Å². The Morgan fingerprint density at radius 1 is 1.33 bits per heavy atom. The molecule has 0 radical (unpaired) electrons. The topological polar surface area (TPSA) is 47.0 Å². The standard InChI is InChI=1S/C14H23N3O/c1-4-7-11-10-12(15-5-2)17-13(16-11)14(18-3)8-6-9-14/h10H,4-9H2,1-3H3,(H,15,16,17). The third kappa shape index (κ3) is 2.48. The Hall–Kier alpha value is -1.16. The highest BCUT2D eigenvalue weighted by Gasteiger charge is 2.42. The number of aromatic nitrogens is 2. The quantitative estimate of drug-likeness (QED) is 0.842. The van der Waals surface area contributed by atoms with Gasteiger partial charge in [0.2, 0.25) is 0 Å². The first-order valence-corrected chi connectivity index (χ1v) is 6.91. The number of nitrogens with zero attached hydrogens (tertiary/aromatic N) is 2. The van der Waals surface area contributed by atoms with Crippen molar-refractivity contribution >= 4 is 5.82 Å². The van der Waals surface area contributed by atoms with E-state index in [2.05, 4.69) is 30.2 Å². The molecule has 0 aliphatic heterocycles. The predicted octanol–water partition coefficient (Wildman–Crippen LogP) is 2.89. The molecule has 4 nitrogen and oxygen atoms in total. The van der Waals surface area contributed by atoms with Crippen molar-refractivity contribution < 1.29 is 4.74 Å². The van der Waals surface area contributed by atoms with Gasteiger partial charge in [0.25, 0.3) is 0 Å². The molecule has 1 aliphatic carbocycles. The number of rotatable bonds is 6. The molecule has 0 unspecified atom stereocenters. The lowest BCUT2D eigenvalue weighted by atomic mass is 9.79. The fourth-order valence-electron chi connectivity index (χ4n) is 2.37. The number of hydrogen-bond donors (Lipinski definition) is 1. The van der Waals surface area contributed by atoms with E-state index in [4.69, 9.17) is 9.72 Å². The highest BCUT2D eigenvalue weighted by Crippen LogP contribution is 2.42. The van der Waals surface area contributed by atoms with Crippen molar-refractivity contribution in [2.24, 2.45) is 0 Å². The van der Waals surface area contributed by atoms with E-state index < -0.39 is 0 Å². The molecule has 0 aromatic carbocycles. The van der Waals surface area contributed by atoms with Gasteiger partial charge in [-0.3, -0.25) is 0 Å². The zero-order valence-electron chi connectivity index (χ0n) is 11.6. The van der Waals surface area contributed by atoms with Crippen LogP contribution in [0.1, 0.15) is 51.0 Å². The molecule has 1 heterocycles. The smallest absolute Gasteiger partial charge is 0.162 e. The summed E-state index contributed by atoms with van der Waals surface area (Å²) in [6.45, 7) is 5.13. The second-order valence-corrected chi connectivity index (χ2v) is 4.90. The van der Waals surface area contributed by atoms with E-state index in [0.29, 0.717) is 0 Å². The molecule has 1 fully saturated rings. The van der Waals surface area contributed by atoms with Crippen LogP contribution in [0.2, 0.25) is 0 Å². The molecule has 0 bridgehead atoms. The first-order chi connectivity index (χ1) is 8.74. The van der Waals surface area contributed by atoms with Gasteiger partial charge in [-0.15, -0.1) is 0 Å². The van der Waals surface area contributed by atoms with E-state index in [1.807, 2.05) is 0 Å². The summed E-state index contributed by atoms with van der Waals surface area (Å²) in [6.07, 6.45) is 5.36. The Morgan fingerprint density at radius 2 is 2.11 bits per heavy atom. The molecule has 2 rings (SSSR count). The number of ether oxygens (including phenoxy) is 1. The molecule has 1 aromatic heterocycles. The van der Waals surface area contributed by atoms with E-state index in [-0.39, 0.29) is 5.60 Å². The molecule has 1 N–H and O–H groups in total. The number of nitrogens with one attached hydrogen (secondary N) is 1. The molecular weight excluding hydrogens is 226 g/mol. The predicted molar refractivity (Wildman–Crippen MR) is 72.7 cm³/mol. The number of anilines is 1. The largest absolute Gasteiger partial charge is 0.370 e. The van der Waals surface area contributed by atoms with Crippen LogP contribution in [0.3, 0.4) is 0 Å². The molecule has 1 saturated carbocycles. The second-order valence-electron chi connectivity index (χ2n) is 4.90. The van der Waals surface area contributed by atoms with Crippen molar-refractivity contribution in [3.63, 3.8) is 0 Å². The fourth-order valence-corrected chi connectivity index (χ4v) is 2.37. The Kier molecular flexibility index (Phi) is 4.17. The van der Waals surface area contributed by atoms with Crippen molar-refractivity contribution in [1.82, 2.24) is 9.97 Å². The zero-order valence-corrected chi connectivity index (χ0v) is 11.6. The minimum Gasteiger partial charge on any atom is -0.370 e. The maximum absolute atomic E-state index is 5.67. The Morgan fingerprint density at radius 3 is 2.61 bits per heavy atom. The van der Waals surface area contributed by atoms with E-state index in [1.54, 1.807) is 7.11 Å². The molecule has 1 aliphatic rings. The summed E-state index contributed by atoms with van der Waals surface area (Å²) in [7, 11) is 1.77. The van der Waals surface area contributed by atoms with Crippen LogP contribution >= 0.6 is 0 Å². The van der Waals surface area contributed by atoms with Gasteiger partial charge in [-0.05, 0) is 32.6 Å². The lowest BCUT2D eigenvalue weighted by Gasteiger charge is -2.39. The van der Waals surface area contributed by atoms with Crippen LogP contribution in [0.15, 0.2) is 6.07 Å². The van der Waals surface area contributed by atoms with Gasteiger partial charge >= 0.3 is 0 Å². The first kappa shape index (κ1) is 13.3.